The smallest absolute Gasteiger partial charge is 0.237 e. The van der Waals surface area contributed by atoms with E-state index >= 15 is 0 Å². The quantitative estimate of drug-likeness (QED) is 0.884. The van der Waals surface area contributed by atoms with Crippen LogP contribution in [0.5, 0.6) is 5.75 Å². The molecule has 1 aliphatic heterocycles. The molecule has 2 atom stereocenters. The zero-order valence-electron chi connectivity index (χ0n) is 11.1. The third-order valence-electron chi connectivity index (χ3n) is 3.16. The molecule has 0 saturated heterocycles. The number of carbonyl (C=O) groups excluding carboxylic acids is 1. The number of nitrogens with two attached hydrogens (primary N) is 1. The fourth-order valence-electron chi connectivity index (χ4n) is 2.17. The molecule has 0 aromatic heterocycles. The van der Waals surface area contributed by atoms with Crippen LogP contribution in [-0.2, 0) is 11.2 Å². The topological polar surface area (TPSA) is 64.4 Å². The van der Waals surface area contributed by atoms with Crippen LogP contribution in [0.25, 0.3) is 0 Å². The van der Waals surface area contributed by atoms with Crippen molar-refractivity contribution in [3.8, 4) is 5.75 Å². The van der Waals surface area contributed by atoms with Gasteiger partial charge in [-0.1, -0.05) is 31.5 Å². The fourth-order valence-corrected chi connectivity index (χ4v) is 2.17. The maximum atomic E-state index is 11.8. The number of carbonyl (C=O) groups is 1. The van der Waals surface area contributed by atoms with Crippen LogP contribution in [0.4, 0.5) is 0 Å². The Bertz CT molecular complexity index is 426. The summed E-state index contributed by atoms with van der Waals surface area (Å²) in [6.45, 7) is 2.54. The summed E-state index contributed by atoms with van der Waals surface area (Å²) in [5, 5.41) is 2.96. The largest absolute Gasteiger partial charge is 0.491 e. The van der Waals surface area contributed by atoms with Gasteiger partial charge in [-0.25, -0.2) is 0 Å². The van der Waals surface area contributed by atoms with Crippen molar-refractivity contribution in [2.24, 2.45) is 5.73 Å². The summed E-state index contributed by atoms with van der Waals surface area (Å²) in [5.74, 6) is 0.839. The maximum Gasteiger partial charge on any atom is 0.237 e. The van der Waals surface area contributed by atoms with E-state index in [0.29, 0.717) is 6.61 Å². The van der Waals surface area contributed by atoms with Gasteiger partial charge < -0.3 is 15.8 Å². The minimum atomic E-state index is -0.410. The Morgan fingerprint density at radius 3 is 3.00 bits per heavy atom. The van der Waals surface area contributed by atoms with Crippen molar-refractivity contribution in [2.75, 3.05) is 6.61 Å². The van der Waals surface area contributed by atoms with E-state index in [1.165, 1.54) is 0 Å². The number of nitrogens with one attached hydrogen (secondary N) is 1. The normalized spacial score (nSPS) is 18.5. The number of benzene rings is 1. The number of ether oxygens (including phenoxy) is 1. The molecule has 0 spiro atoms. The summed E-state index contributed by atoms with van der Waals surface area (Å²) in [6.07, 6.45) is 2.44. The van der Waals surface area contributed by atoms with Gasteiger partial charge in [-0.2, -0.15) is 0 Å². The van der Waals surface area contributed by atoms with Gasteiger partial charge in [0.2, 0.25) is 5.91 Å². The molecule has 2 rings (SSSR count). The van der Waals surface area contributed by atoms with Crippen LogP contribution in [0.2, 0.25) is 0 Å². The lowest BCUT2D eigenvalue weighted by atomic mass is 10.0. The van der Waals surface area contributed by atoms with Gasteiger partial charge in [-0.05, 0) is 24.5 Å². The van der Waals surface area contributed by atoms with E-state index < -0.39 is 6.04 Å². The van der Waals surface area contributed by atoms with Crippen molar-refractivity contribution in [1.82, 2.24) is 5.32 Å². The standard InChI is InChI=1S/C14H20N2O2.ClH/c1-2-5-12(15)14(17)16-11-8-10-6-3-4-7-13(10)18-9-11;/h3-4,6-7,11-12H,2,5,8-9,15H2,1H3,(H,16,17);1H. The molecule has 3 N–H and O–H groups in total. The van der Waals surface area contributed by atoms with Crippen LogP contribution < -0.4 is 15.8 Å². The summed E-state index contributed by atoms with van der Waals surface area (Å²) in [5.41, 5.74) is 6.92. The van der Waals surface area contributed by atoms with E-state index in [1.807, 2.05) is 31.2 Å². The highest BCUT2D eigenvalue weighted by atomic mass is 35.5. The second kappa shape index (κ2) is 7.36. The van der Waals surface area contributed by atoms with Crippen molar-refractivity contribution < 1.29 is 9.53 Å². The second-order valence-electron chi connectivity index (χ2n) is 4.72. The highest BCUT2D eigenvalue weighted by Crippen LogP contribution is 2.23. The van der Waals surface area contributed by atoms with Gasteiger partial charge in [0.1, 0.15) is 12.4 Å². The Labute approximate surface area is 120 Å². The van der Waals surface area contributed by atoms with Crippen LogP contribution in [0.3, 0.4) is 0 Å². The zero-order chi connectivity index (χ0) is 13.0. The highest BCUT2D eigenvalue weighted by Gasteiger charge is 2.22. The molecular weight excluding hydrogens is 264 g/mol. The van der Waals surface area contributed by atoms with E-state index in [0.717, 1.165) is 30.6 Å². The predicted molar refractivity (Wildman–Crippen MR) is 77.7 cm³/mol. The van der Waals surface area contributed by atoms with Crippen molar-refractivity contribution >= 4 is 18.3 Å². The van der Waals surface area contributed by atoms with E-state index in [2.05, 4.69) is 5.32 Å². The second-order valence-corrected chi connectivity index (χ2v) is 4.72. The molecule has 5 heteroatoms. The lowest BCUT2D eigenvalue weighted by Gasteiger charge is -2.27. The maximum absolute atomic E-state index is 11.8. The number of amides is 1. The zero-order valence-corrected chi connectivity index (χ0v) is 11.9. The van der Waals surface area contributed by atoms with E-state index in [1.54, 1.807) is 0 Å². The van der Waals surface area contributed by atoms with Crippen LogP contribution in [0.15, 0.2) is 24.3 Å². The van der Waals surface area contributed by atoms with Crippen molar-refractivity contribution in [1.29, 1.82) is 0 Å². The van der Waals surface area contributed by atoms with Crippen LogP contribution in [0, 0.1) is 0 Å². The van der Waals surface area contributed by atoms with Gasteiger partial charge in [-0.3, -0.25) is 4.79 Å². The van der Waals surface area contributed by atoms with Crippen molar-refractivity contribution in [3.63, 3.8) is 0 Å². The molecule has 0 fully saturated rings. The molecule has 0 aliphatic carbocycles. The summed E-state index contributed by atoms with van der Waals surface area (Å²) >= 11 is 0. The first-order valence-corrected chi connectivity index (χ1v) is 6.47. The molecule has 1 heterocycles. The molecule has 1 aromatic rings. The van der Waals surface area contributed by atoms with Crippen molar-refractivity contribution in [3.05, 3.63) is 29.8 Å². The SMILES string of the molecule is CCCC(N)C(=O)NC1COc2ccccc2C1.Cl. The molecule has 106 valence electrons. The van der Waals surface area contributed by atoms with Gasteiger partial charge >= 0.3 is 0 Å². The summed E-state index contributed by atoms with van der Waals surface area (Å²) in [4.78, 5) is 11.8. The van der Waals surface area contributed by atoms with Gasteiger partial charge in [0.15, 0.2) is 0 Å². The lowest BCUT2D eigenvalue weighted by molar-refractivity contribution is -0.123. The third kappa shape index (κ3) is 4.11. The molecule has 0 saturated carbocycles. The number of para-hydroxylation sites is 1. The molecular formula is C14H21ClN2O2. The third-order valence-corrected chi connectivity index (χ3v) is 3.16. The number of fused-ring (bicyclic) bond motifs is 1. The first kappa shape index (κ1) is 15.8. The summed E-state index contributed by atoms with van der Waals surface area (Å²) < 4.78 is 5.62. The first-order valence-electron chi connectivity index (χ1n) is 6.47. The summed E-state index contributed by atoms with van der Waals surface area (Å²) in [7, 11) is 0. The molecule has 4 nitrogen and oxygen atoms in total. The lowest BCUT2D eigenvalue weighted by Crippen LogP contribution is -2.49. The molecule has 2 unspecified atom stereocenters. The molecule has 1 aliphatic rings. The Morgan fingerprint density at radius 1 is 1.53 bits per heavy atom. The van der Waals surface area contributed by atoms with Crippen LogP contribution in [0.1, 0.15) is 25.3 Å². The average Bonchev–Trinajstić information content (AvgIpc) is 2.39. The van der Waals surface area contributed by atoms with Crippen molar-refractivity contribution in [2.45, 2.75) is 38.3 Å². The number of halogens is 1. The fraction of sp³-hybridized carbons (Fsp3) is 0.500. The van der Waals surface area contributed by atoms with Gasteiger partial charge in [0.25, 0.3) is 0 Å². The average molecular weight is 285 g/mol. The minimum Gasteiger partial charge on any atom is -0.491 e. The predicted octanol–water partition coefficient (Wildman–Crippen LogP) is 1.66. The molecule has 0 radical (unpaired) electrons. The minimum absolute atomic E-state index is 0. The number of hydrogen-bond donors (Lipinski definition) is 2. The molecule has 1 amide bonds. The van der Waals surface area contributed by atoms with Gasteiger partial charge in [0.05, 0.1) is 12.1 Å². The number of hydrogen-bond acceptors (Lipinski definition) is 3. The summed E-state index contributed by atoms with van der Waals surface area (Å²) in [6, 6.07) is 7.53. The first-order chi connectivity index (χ1) is 8.70. The number of rotatable bonds is 4. The van der Waals surface area contributed by atoms with Gasteiger partial charge in [0, 0.05) is 0 Å². The molecule has 1 aromatic carbocycles. The highest BCUT2D eigenvalue weighted by molar-refractivity contribution is 5.85. The monoisotopic (exact) mass is 284 g/mol. The van der Waals surface area contributed by atoms with E-state index in [9.17, 15) is 4.79 Å². The van der Waals surface area contributed by atoms with Gasteiger partial charge in [-0.15, -0.1) is 12.4 Å². The Kier molecular flexibility index (Phi) is 6.12. The Balaban J connectivity index is 0.00000180. The van der Waals surface area contributed by atoms with E-state index in [4.69, 9.17) is 10.5 Å². The van der Waals surface area contributed by atoms with Crippen LogP contribution >= 0.6 is 12.4 Å². The Morgan fingerprint density at radius 2 is 2.26 bits per heavy atom. The molecule has 0 bridgehead atoms. The Hall–Kier alpha value is -1.26. The molecule has 19 heavy (non-hydrogen) atoms. The van der Waals surface area contributed by atoms with Crippen LogP contribution in [-0.4, -0.2) is 24.6 Å². The van der Waals surface area contributed by atoms with E-state index in [-0.39, 0.29) is 24.4 Å².